The highest BCUT2D eigenvalue weighted by molar-refractivity contribution is 5.86. The predicted octanol–water partition coefficient (Wildman–Crippen LogP) is -1.19. The number of hydrogen-bond acceptors (Lipinski definition) is 4. The Balaban J connectivity index is 0.000000171. The van der Waals surface area contributed by atoms with Crippen molar-refractivity contribution in [2.24, 2.45) is 0 Å². The molecule has 0 aromatic rings. The first-order valence-corrected chi connectivity index (χ1v) is 5.64. The van der Waals surface area contributed by atoms with E-state index in [1.54, 1.807) is 25.9 Å². The summed E-state index contributed by atoms with van der Waals surface area (Å²) in [5.41, 5.74) is -1.09. The zero-order valence-corrected chi connectivity index (χ0v) is 10.5. The van der Waals surface area contributed by atoms with Crippen LogP contribution in [0, 0.1) is 0 Å². The molecule has 0 aliphatic carbocycles. The molecular formula is C11H20N2O4. The lowest BCUT2D eigenvalue weighted by Gasteiger charge is -2.13. The summed E-state index contributed by atoms with van der Waals surface area (Å²) < 4.78 is 0. The van der Waals surface area contributed by atoms with Crippen molar-refractivity contribution < 1.29 is 19.8 Å². The number of aliphatic hydroxyl groups excluding tert-OH is 1. The first kappa shape index (κ1) is 13.9. The molecule has 2 rings (SSSR count). The van der Waals surface area contributed by atoms with Crippen LogP contribution in [0.5, 0.6) is 0 Å². The maximum Gasteiger partial charge on any atom is 0.254 e. The second kappa shape index (κ2) is 5.01. The zero-order chi connectivity index (χ0) is 13.2. The van der Waals surface area contributed by atoms with Gasteiger partial charge in [0.15, 0.2) is 0 Å². The first-order valence-electron chi connectivity index (χ1n) is 5.64. The van der Waals surface area contributed by atoms with Gasteiger partial charge in [-0.3, -0.25) is 9.59 Å². The smallest absolute Gasteiger partial charge is 0.254 e. The molecule has 2 aliphatic rings. The highest BCUT2D eigenvalue weighted by Gasteiger charge is 2.38. The van der Waals surface area contributed by atoms with Gasteiger partial charge in [-0.2, -0.15) is 0 Å². The number of β-amino-alcohol motifs (C(OH)–C–C–N with tert-alkyl or cyclic N) is 1. The van der Waals surface area contributed by atoms with Crippen LogP contribution in [0.4, 0.5) is 0 Å². The Morgan fingerprint density at radius 1 is 1.29 bits per heavy atom. The van der Waals surface area contributed by atoms with Crippen LogP contribution in [0.15, 0.2) is 0 Å². The minimum atomic E-state index is -1.09. The minimum Gasteiger partial charge on any atom is -0.391 e. The molecule has 6 nitrogen and oxygen atoms in total. The summed E-state index contributed by atoms with van der Waals surface area (Å²) in [6.45, 7) is 2.73. The van der Waals surface area contributed by atoms with Crippen LogP contribution in [0.25, 0.3) is 0 Å². The van der Waals surface area contributed by atoms with Gasteiger partial charge in [0.25, 0.3) is 5.91 Å². The van der Waals surface area contributed by atoms with Crippen LogP contribution in [-0.4, -0.2) is 70.7 Å². The summed E-state index contributed by atoms with van der Waals surface area (Å²) in [7, 11) is 3.39. The Bertz CT molecular complexity index is 317. The molecule has 2 saturated heterocycles. The number of carbonyl (C=O) groups is 2. The van der Waals surface area contributed by atoms with Crippen LogP contribution in [0.2, 0.25) is 0 Å². The maximum atomic E-state index is 10.9. The van der Waals surface area contributed by atoms with Crippen molar-refractivity contribution in [3.8, 4) is 0 Å². The van der Waals surface area contributed by atoms with Gasteiger partial charge in [-0.25, -0.2) is 0 Å². The van der Waals surface area contributed by atoms with Crippen molar-refractivity contribution in [3.63, 3.8) is 0 Å². The standard InChI is InChI=1S/C6H11NO2.C5H9NO2/c1-6(9)3-4-7(2)5(6)8;1-6-3-4(7)2-5(6)8/h9H,3-4H2,1-2H3;4,7H,2-3H2,1H3. The summed E-state index contributed by atoms with van der Waals surface area (Å²) in [4.78, 5) is 24.5. The molecule has 2 aliphatic heterocycles. The largest absolute Gasteiger partial charge is 0.391 e. The summed E-state index contributed by atoms with van der Waals surface area (Å²) in [5, 5.41) is 18.0. The lowest BCUT2D eigenvalue weighted by molar-refractivity contribution is -0.140. The quantitative estimate of drug-likeness (QED) is 0.561. The van der Waals surface area contributed by atoms with Crippen molar-refractivity contribution in [2.45, 2.75) is 31.5 Å². The molecule has 0 bridgehead atoms. The SMILES string of the molecule is CN1CC(O)CC1=O.CN1CCC(C)(O)C1=O. The van der Waals surface area contributed by atoms with Crippen LogP contribution in [-0.2, 0) is 9.59 Å². The molecule has 2 atom stereocenters. The van der Waals surface area contributed by atoms with E-state index in [1.807, 2.05) is 0 Å². The number of amides is 2. The molecule has 17 heavy (non-hydrogen) atoms. The number of aliphatic hydroxyl groups is 2. The average Bonchev–Trinajstić information content (AvgIpc) is 2.63. The van der Waals surface area contributed by atoms with Crippen LogP contribution in [0.1, 0.15) is 19.8 Å². The van der Waals surface area contributed by atoms with E-state index in [2.05, 4.69) is 0 Å². The lowest BCUT2D eigenvalue weighted by Crippen LogP contribution is -2.35. The van der Waals surface area contributed by atoms with Gasteiger partial charge in [-0.15, -0.1) is 0 Å². The fourth-order valence-electron chi connectivity index (χ4n) is 1.84. The number of carbonyl (C=O) groups excluding carboxylic acids is 2. The minimum absolute atomic E-state index is 0.0394. The maximum absolute atomic E-state index is 10.9. The number of likely N-dealkylation sites (N-methyl/N-ethyl adjacent to an activating group) is 2. The van der Waals surface area contributed by atoms with Gasteiger partial charge in [-0.1, -0.05) is 0 Å². The Morgan fingerprint density at radius 2 is 1.88 bits per heavy atom. The van der Waals surface area contributed by atoms with Gasteiger partial charge in [-0.05, 0) is 6.92 Å². The van der Waals surface area contributed by atoms with Crippen molar-refractivity contribution in [1.29, 1.82) is 0 Å². The van der Waals surface area contributed by atoms with E-state index in [1.165, 1.54) is 4.90 Å². The fraction of sp³-hybridized carbons (Fsp3) is 0.818. The van der Waals surface area contributed by atoms with Gasteiger partial charge >= 0.3 is 0 Å². The third-order valence-electron chi connectivity index (χ3n) is 3.06. The number of nitrogens with zero attached hydrogens (tertiary/aromatic N) is 2. The molecule has 0 radical (unpaired) electrons. The molecular weight excluding hydrogens is 224 g/mol. The number of hydrogen-bond donors (Lipinski definition) is 2. The van der Waals surface area contributed by atoms with Gasteiger partial charge < -0.3 is 20.0 Å². The van der Waals surface area contributed by atoms with Gasteiger partial charge in [0.1, 0.15) is 5.60 Å². The van der Waals surface area contributed by atoms with Crippen LogP contribution >= 0.6 is 0 Å². The zero-order valence-electron chi connectivity index (χ0n) is 10.5. The van der Waals surface area contributed by atoms with Crippen molar-refractivity contribution in [3.05, 3.63) is 0 Å². The summed E-state index contributed by atoms with van der Waals surface area (Å²) >= 11 is 0. The van der Waals surface area contributed by atoms with Gasteiger partial charge in [0.05, 0.1) is 12.5 Å². The third kappa shape index (κ3) is 3.41. The summed E-state index contributed by atoms with van der Waals surface area (Å²) in [6.07, 6.45) is 0.436. The Kier molecular flexibility index (Phi) is 4.11. The second-order valence-electron chi connectivity index (χ2n) is 4.88. The first-order chi connectivity index (χ1) is 7.74. The molecule has 2 N–H and O–H groups in total. The molecule has 2 fully saturated rings. The monoisotopic (exact) mass is 244 g/mol. The molecule has 0 aromatic heterocycles. The Labute approximate surface area is 101 Å². The highest BCUT2D eigenvalue weighted by Crippen LogP contribution is 2.19. The molecule has 0 spiro atoms. The van der Waals surface area contributed by atoms with E-state index in [0.717, 1.165) is 0 Å². The topological polar surface area (TPSA) is 81.1 Å². The van der Waals surface area contributed by atoms with Gasteiger partial charge in [0.2, 0.25) is 5.91 Å². The molecule has 2 unspecified atom stereocenters. The predicted molar refractivity (Wildman–Crippen MR) is 61.1 cm³/mol. The second-order valence-corrected chi connectivity index (χ2v) is 4.88. The van der Waals surface area contributed by atoms with E-state index in [4.69, 9.17) is 5.11 Å². The Hall–Kier alpha value is -1.14. The lowest BCUT2D eigenvalue weighted by atomic mass is 10.1. The molecule has 2 amide bonds. The molecule has 0 aromatic carbocycles. The molecule has 2 heterocycles. The number of likely N-dealkylation sites (tertiary alicyclic amines) is 2. The van der Waals surface area contributed by atoms with Crippen molar-refractivity contribution >= 4 is 11.8 Å². The van der Waals surface area contributed by atoms with E-state index < -0.39 is 11.7 Å². The van der Waals surface area contributed by atoms with E-state index in [9.17, 15) is 14.7 Å². The molecule has 6 heteroatoms. The van der Waals surface area contributed by atoms with Crippen molar-refractivity contribution in [1.82, 2.24) is 9.80 Å². The van der Waals surface area contributed by atoms with Gasteiger partial charge in [0, 0.05) is 33.6 Å². The number of rotatable bonds is 0. The highest BCUT2D eigenvalue weighted by atomic mass is 16.3. The molecule has 0 saturated carbocycles. The van der Waals surface area contributed by atoms with Crippen molar-refractivity contribution in [2.75, 3.05) is 27.2 Å². The van der Waals surface area contributed by atoms with E-state index >= 15 is 0 Å². The fourth-order valence-corrected chi connectivity index (χ4v) is 1.84. The Morgan fingerprint density at radius 3 is 2.00 bits per heavy atom. The van der Waals surface area contributed by atoms with Crippen LogP contribution in [0.3, 0.4) is 0 Å². The molecule has 98 valence electrons. The van der Waals surface area contributed by atoms with Crippen LogP contribution < -0.4 is 0 Å². The third-order valence-corrected chi connectivity index (χ3v) is 3.06. The summed E-state index contributed by atoms with van der Waals surface area (Å²) in [5.74, 6) is -0.125. The summed E-state index contributed by atoms with van der Waals surface area (Å²) in [6, 6.07) is 0. The van der Waals surface area contributed by atoms with E-state index in [0.29, 0.717) is 25.9 Å². The normalized spacial score (nSPS) is 32.9. The van der Waals surface area contributed by atoms with E-state index in [-0.39, 0.29) is 11.8 Å². The average molecular weight is 244 g/mol.